The van der Waals surface area contributed by atoms with E-state index in [0.29, 0.717) is 6.61 Å². The van der Waals surface area contributed by atoms with Crippen LogP contribution in [0.4, 0.5) is 16.2 Å². The molecule has 138 valence electrons. The van der Waals surface area contributed by atoms with Gasteiger partial charge >= 0.3 is 6.03 Å². The molecule has 0 saturated carbocycles. The van der Waals surface area contributed by atoms with E-state index in [9.17, 15) is 4.79 Å². The Balaban J connectivity index is 1.49. The molecule has 5 heteroatoms. The van der Waals surface area contributed by atoms with E-state index in [4.69, 9.17) is 4.74 Å². The highest BCUT2D eigenvalue weighted by Crippen LogP contribution is 2.17. The Bertz CT molecular complexity index is 692. The molecular formula is C21H27N3O2. The average molecular weight is 353 g/mol. The Morgan fingerprint density at radius 3 is 2.08 bits per heavy atom. The van der Waals surface area contributed by atoms with Gasteiger partial charge in [-0.1, -0.05) is 18.6 Å². The summed E-state index contributed by atoms with van der Waals surface area (Å²) in [5, 5.41) is 5.69. The lowest BCUT2D eigenvalue weighted by Crippen LogP contribution is -2.29. The number of carbonyl (C=O) groups excluding carboxylic acids is 1. The lowest BCUT2D eigenvalue weighted by Gasteiger charge is -2.26. The van der Waals surface area contributed by atoms with Gasteiger partial charge in [0.2, 0.25) is 0 Å². The Morgan fingerprint density at radius 2 is 1.50 bits per heavy atom. The SMILES string of the molecule is CCOc1ccc(NC(=O)Nc2ccc(CN3CCCCC3)cc2)cc1. The zero-order valence-electron chi connectivity index (χ0n) is 15.3. The smallest absolute Gasteiger partial charge is 0.323 e. The minimum atomic E-state index is -0.252. The summed E-state index contributed by atoms with van der Waals surface area (Å²) in [6.45, 7) is 5.92. The molecule has 0 bridgehead atoms. The van der Waals surface area contributed by atoms with Crippen LogP contribution in [0.25, 0.3) is 0 Å². The summed E-state index contributed by atoms with van der Waals surface area (Å²) in [5.74, 6) is 0.794. The molecule has 1 aliphatic heterocycles. The van der Waals surface area contributed by atoms with Crippen LogP contribution >= 0.6 is 0 Å². The van der Waals surface area contributed by atoms with E-state index in [1.165, 1.54) is 37.9 Å². The van der Waals surface area contributed by atoms with Crippen molar-refractivity contribution in [1.29, 1.82) is 0 Å². The first-order valence-corrected chi connectivity index (χ1v) is 9.35. The molecule has 2 amide bonds. The van der Waals surface area contributed by atoms with E-state index >= 15 is 0 Å². The van der Waals surface area contributed by atoms with Gasteiger partial charge in [-0.2, -0.15) is 0 Å². The van der Waals surface area contributed by atoms with E-state index in [-0.39, 0.29) is 6.03 Å². The summed E-state index contributed by atoms with van der Waals surface area (Å²) >= 11 is 0. The van der Waals surface area contributed by atoms with Crippen molar-refractivity contribution in [3.8, 4) is 5.75 Å². The Kier molecular flexibility index (Phi) is 6.50. The molecule has 2 aromatic rings. The van der Waals surface area contributed by atoms with Gasteiger partial charge in [0.25, 0.3) is 0 Å². The van der Waals surface area contributed by atoms with Gasteiger partial charge in [0.05, 0.1) is 6.61 Å². The van der Waals surface area contributed by atoms with Crippen molar-refractivity contribution in [3.63, 3.8) is 0 Å². The molecule has 1 aliphatic rings. The highest BCUT2D eigenvalue weighted by molar-refractivity contribution is 5.99. The van der Waals surface area contributed by atoms with Gasteiger partial charge in [-0.05, 0) is 74.8 Å². The predicted octanol–water partition coefficient (Wildman–Crippen LogP) is 4.72. The Labute approximate surface area is 155 Å². The van der Waals surface area contributed by atoms with E-state index in [1.807, 2.05) is 43.3 Å². The topological polar surface area (TPSA) is 53.6 Å². The maximum Gasteiger partial charge on any atom is 0.323 e. The number of ether oxygens (including phenoxy) is 1. The number of urea groups is 1. The first-order chi connectivity index (χ1) is 12.7. The lowest BCUT2D eigenvalue weighted by atomic mass is 10.1. The zero-order valence-corrected chi connectivity index (χ0v) is 15.3. The van der Waals surface area contributed by atoms with Crippen molar-refractivity contribution in [2.24, 2.45) is 0 Å². The number of rotatable bonds is 6. The average Bonchev–Trinajstić information content (AvgIpc) is 2.66. The summed E-state index contributed by atoms with van der Waals surface area (Å²) in [6.07, 6.45) is 3.94. The molecule has 2 aromatic carbocycles. The van der Waals surface area contributed by atoms with Crippen LogP contribution in [-0.2, 0) is 6.54 Å². The monoisotopic (exact) mass is 353 g/mol. The van der Waals surface area contributed by atoms with E-state index in [1.54, 1.807) is 0 Å². The molecule has 1 saturated heterocycles. The second-order valence-corrected chi connectivity index (χ2v) is 6.57. The minimum absolute atomic E-state index is 0.252. The van der Waals surface area contributed by atoms with Crippen molar-refractivity contribution in [2.45, 2.75) is 32.7 Å². The van der Waals surface area contributed by atoms with Crippen molar-refractivity contribution in [2.75, 3.05) is 30.3 Å². The Hall–Kier alpha value is -2.53. The molecule has 0 aliphatic carbocycles. The van der Waals surface area contributed by atoms with Crippen LogP contribution in [0, 0.1) is 0 Å². The second kappa shape index (κ2) is 9.25. The van der Waals surface area contributed by atoms with Crippen molar-refractivity contribution in [3.05, 3.63) is 54.1 Å². The van der Waals surface area contributed by atoms with E-state index in [0.717, 1.165) is 23.7 Å². The molecule has 0 spiro atoms. The first-order valence-electron chi connectivity index (χ1n) is 9.35. The third kappa shape index (κ3) is 5.49. The molecule has 0 atom stereocenters. The normalized spacial score (nSPS) is 14.7. The quantitative estimate of drug-likeness (QED) is 0.790. The highest BCUT2D eigenvalue weighted by Gasteiger charge is 2.10. The van der Waals surface area contributed by atoms with Crippen LogP contribution < -0.4 is 15.4 Å². The van der Waals surface area contributed by atoms with Crippen LogP contribution in [0.3, 0.4) is 0 Å². The number of anilines is 2. The van der Waals surface area contributed by atoms with Gasteiger partial charge < -0.3 is 15.4 Å². The Morgan fingerprint density at radius 1 is 0.923 bits per heavy atom. The number of piperidine rings is 1. The number of amides is 2. The van der Waals surface area contributed by atoms with Gasteiger partial charge in [-0.3, -0.25) is 4.90 Å². The third-order valence-corrected chi connectivity index (χ3v) is 4.49. The standard InChI is InChI=1S/C21H27N3O2/c1-2-26-20-12-10-19(11-13-20)23-21(25)22-18-8-6-17(7-9-18)16-24-14-4-3-5-15-24/h6-13H,2-5,14-16H2,1H3,(H2,22,23,25). The summed E-state index contributed by atoms with van der Waals surface area (Å²) in [7, 11) is 0. The fourth-order valence-electron chi connectivity index (χ4n) is 3.16. The number of likely N-dealkylation sites (tertiary alicyclic amines) is 1. The number of hydrogen-bond acceptors (Lipinski definition) is 3. The molecule has 1 fully saturated rings. The first kappa shape index (κ1) is 18.3. The maximum atomic E-state index is 12.1. The van der Waals surface area contributed by atoms with E-state index < -0.39 is 0 Å². The maximum absolute atomic E-state index is 12.1. The molecule has 0 aromatic heterocycles. The largest absolute Gasteiger partial charge is 0.494 e. The molecule has 2 N–H and O–H groups in total. The fourth-order valence-corrected chi connectivity index (χ4v) is 3.16. The van der Waals surface area contributed by atoms with Crippen LogP contribution in [0.1, 0.15) is 31.7 Å². The summed E-state index contributed by atoms with van der Waals surface area (Å²) in [5.41, 5.74) is 2.80. The third-order valence-electron chi connectivity index (χ3n) is 4.49. The lowest BCUT2D eigenvalue weighted by molar-refractivity contribution is 0.221. The number of carbonyl (C=O) groups is 1. The van der Waals surface area contributed by atoms with Gasteiger partial charge in [0.15, 0.2) is 0 Å². The van der Waals surface area contributed by atoms with Crippen molar-refractivity contribution < 1.29 is 9.53 Å². The van der Waals surface area contributed by atoms with Gasteiger partial charge in [0.1, 0.15) is 5.75 Å². The number of nitrogens with one attached hydrogen (secondary N) is 2. The molecule has 0 unspecified atom stereocenters. The van der Waals surface area contributed by atoms with E-state index in [2.05, 4.69) is 27.7 Å². The summed E-state index contributed by atoms with van der Waals surface area (Å²) in [6, 6.07) is 15.2. The molecule has 3 rings (SSSR count). The number of benzene rings is 2. The molecule has 5 nitrogen and oxygen atoms in total. The molecule has 1 heterocycles. The van der Waals surface area contributed by atoms with Crippen LogP contribution in [-0.4, -0.2) is 30.6 Å². The number of nitrogens with zero attached hydrogens (tertiary/aromatic N) is 1. The minimum Gasteiger partial charge on any atom is -0.494 e. The highest BCUT2D eigenvalue weighted by atomic mass is 16.5. The number of hydrogen-bond donors (Lipinski definition) is 2. The summed E-state index contributed by atoms with van der Waals surface area (Å²) < 4.78 is 5.40. The molecule has 0 radical (unpaired) electrons. The van der Waals surface area contributed by atoms with Gasteiger partial charge in [-0.25, -0.2) is 4.79 Å². The zero-order chi connectivity index (χ0) is 18.2. The predicted molar refractivity (Wildman–Crippen MR) is 106 cm³/mol. The van der Waals surface area contributed by atoms with Crippen molar-refractivity contribution >= 4 is 17.4 Å². The molecular weight excluding hydrogens is 326 g/mol. The van der Waals surface area contributed by atoms with Crippen LogP contribution in [0.5, 0.6) is 5.75 Å². The van der Waals surface area contributed by atoms with Crippen molar-refractivity contribution in [1.82, 2.24) is 4.90 Å². The van der Waals surface area contributed by atoms with Gasteiger partial charge in [-0.15, -0.1) is 0 Å². The fraction of sp³-hybridized carbons (Fsp3) is 0.381. The second-order valence-electron chi connectivity index (χ2n) is 6.57. The van der Waals surface area contributed by atoms with Crippen LogP contribution in [0.2, 0.25) is 0 Å². The van der Waals surface area contributed by atoms with Gasteiger partial charge in [0, 0.05) is 17.9 Å². The summed E-state index contributed by atoms with van der Waals surface area (Å²) in [4.78, 5) is 14.6. The van der Waals surface area contributed by atoms with Crippen LogP contribution in [0.15, 0.2) is 48.5 Å². The molecule has 26 heavy (non-hydrogen) atoms.